The van der Waals surface area contributed by atoms with Crippen molar-refractivity contribution in [3.8, 4) is 11.5 Å². The smallest absolute Gasteiger partial charge is 0.131 e. The molecule has 0 aliphatic rings. The Labute approximate surface area is 109 Å². The summed E-state index contributed by atoms with van der Waals surface area (Å²) in [6.07, 6.45) is 1.08. The third kappa shape index (κ3) is 4.94. The average molecular weight is 254 g/mol. The van der Waals surface area contributed by atoms with Gasteiger partial charge >= 0.3 is 0 Å². The minimum Gasteiger partial charge on any atom is -0.497 e. The predicted molar refractivity (Wildman–Crippen MR) is 71.2 cm³/mol. The summed E-state index contributed by atoms with van der Waals surface area (Å²) in [7, 11) is 3.35. The molecule has 0 spiro atoms. The lowest BCUT2D eigenvalue weighted by molar-refractivity contribution is -0.671. The van der Waals surface area contributed by atoms with Gasteiger partial charge in [-0.2, -0.15) is 0 Å². The number of nitrogens with two attached hydrogens (primary N) is 1. The third-order valence-corrected chi connectivity index (χ3v) is 2.76. The second-order valence-corrected chi connectivity index (χ2v) is 4.01. The quantitative estimate of drug-likeness (QED) is 0.673. The minimum absolute atomic E-state index is 0.798. The molecule has 0 fully saturated rings. The van der Waals surface area contributed by atoms with E-state index in [0.717, 1.165) is 44.2 Å². The first-order chi connectivity index (χ1) is 8.81. The van der Waals surface area contributed by atoms with Gasteiger partial charge in [0.1, 0.15) is 18.0 Å². The molecule has 0 atom stereocenters. The van der Waals surface area contributed by atoms with Crippen LogP contribution in [-0.4, -0.2) is 34.0 Å². The van der Waals surface area contributed by atoms with Crippen LogP contribution in [0.2, 0.25) is 0 Å². The van der Waals surface area contributed by atoms with Gasteiger partial charge in [-0.05, 0) is 19.1 Å². The van der Waals surface area contributed by atoms with Crippen molar-refractivity contribution in [2.75, 3.05) is 34.0 Å². The van der Waals surface area contributed by atoms with Crippen LogP contribution in [0.3, 0.4) is 0 Å². The summed E-state index contributed by atoms with van der Waals surface area (Å²) in [6, 6.07) is 5.94. The molecule has 2 N–H and O–H groups in total. The zero-order chi connectivity index (χ0) is 13.2. The van der Waals surface area contributed by atoms with Gasteiger partial charge in [0.2, 0.25) is 0 Å². The summed E-state index contributed by atoms with van der Waals surface area (Å²) >= 11 is 0. The van der Waals surface area contributed by atoms with E-state index in [1.54, 1.807) is 14.2 Å². The summed E-state index contributed by atoms with van der Waals surface area (Å²) < 4.78 is 15.8. The van der Waals surface area contributed by atoms with Crippen LogP contribution in [0.5, 0.6) is 11.5 Å². The number of hydrogen-bond donors (Lipinski definition) is 1. The van der Waals surface area contributed by atoms with E-state index >= 15 is 0 Å². The van der Waals surface area contributed by atoms with Crippen molar-refractivity contribution in [1.29, 1.82) is 0 Å². The fraction of sp³-hybridized carbons (Fsp3) is 0.571. The fourth-order valence-corrected chi connectivity index (χ4v) is 1.75. The summed E-state index contributed by atoms with van der Waals surface area (Å²) in [4.78, 5) is 0. The average Bonchev–Trinajstić information content (AvgIpc) is 2.42. The van der Waals surface area contributed by atoms with E-state index in [1.807, 2.05) is 19.1 Å². The Hall–Kier alpha value is -1.26. The van der Waals surface area contributed by atoms with Crippen molar-refractivity contribution in [3.63, 3.8) is 0 Å². The third-order valence-electron chi connectivity index (χ3n) is 2.76. The van der Waals surface area contributed by atoms with E-state index < -0.39 is 0 Å². The molecule has 1 aromatic carbocycles. The molecular formula is C14H24NO3+. The Morgan fingerprint density at radius 1 is 1.17 bits per heavy atom. The molecule has 4 heteroatoms. The van der Waals surface area contributed by atoms with E-state index in [4.69, 9.17) is 14.2 Å². The van der Waals surface area contributed by atoms with Gasteiger partial charge in [0.25, 0.3) is 0 Å². The number of rotatable bonds is 9. The maximum atomic E-state index is 5.36. The number of benzene rings is 1. The van der Waals surface area contributed by atoms with Gasteiger partial charge in [-0.3, -0.25) is 0 Å². The highest BCUT2D eigenvalue weighted by atomic mass is 16.5. The fourth-order valence-electron chi connectivity index (χ4n) is 1.75. The molecule has 0 aliphatic heterocycles. The van der Waals surface area contributed by atoms with Crippen LogP contribution in [0, 0.1) is 0 Å². The molecule has 0 unspecified atom stereocenters. The number of hydrogen-bond acceptors (Lipinski definition) is 3. The molecule has 1 aromatic rings. The zero-order valence-electron chi connectivity index (χ0n) is 11.6. The van der Waals surface area contributed by atoms with Gasteiger partial charge in [-0.15, -0.1) is 0 Å². The molecule has 0 saturated carbocycles. The first kappa shape index (κ1) is 14.8. The number of quaternary nitrogens is 1. The van der Waals surface area contributed by atoms with Crippen molar-refractivity contribution in [2.24, 2.45) is 0 Å². The van der Waals surface area contributed by atoms with Gasteiger partial charge in [0.05, 0.1) is 27.4 Å². The van der Waals surface area contributed by atoms with Crippen molar-refractivity contribution < 1.29 is 19.5 Å². The Morgan fingerprint density at radius 3 is 2.67 bits per heavy atom. The minimum atomic E-state index is 0.798. The SMILES string of the molecule is CCOCCC[NH2+]Cc1ccc(OC)cc1OC. The lowest BCUT2D eigenvalue weighted by Crippen LogP contribution is -2.82. The van der Waals surface area contributed by atoms with Crippen molar-refractivity contribution in [3.05, 3.63) is 23.8 Å². The summed E-state index contributed by atoms with van der Waals surface area (Å²) in [5, 5.41) is 2.27. The maximum absolute atomic E-state index is 5.36. The Morgan fingerprint density at radius 2 is 2.00 bits per heavy atom. The summed E-state index contributed by atoms with van der Waals surface area (Å²) in [6.45, 7) is 5.64. The van der Waals surface area contributed by atoms with Gasteiger partial charge in [0, 0.05) is 24.7 Å². The highest BCUT2D eigenvalue weighted by molar-refractivity contribution is 5.40. The molecule has 0 amide bonds. The molecule has 0 bridgehead atoms. The molecule has 0 aromatic heterocycles. The molecule has 18 heavy (non-hydrogen) atoms. The summed E-state index contributed by atoms with van der Waals surface area (Å²) in [5.74, 6) is 1.71. The maximum Gasteiger partial charge on any atom is 0.131 e. The van der Waals surface area contributed by atoms with Crippen LogP contribution >= 0.6 is 0 Å². The molecule has 0 aliphatic carbocycles. The molecule has 0 radical (unpaired) electrons. The molecule has 4 nitrogen and oxygen atoms in total. The Balaban J connectivity index is 2.37. The first-order valence-electron chi connectivity index (χ1n) is 6.42. The standard InChI is InChI=1S/C14H23NO3/c1-4-18-9-5-8-15-11-12-6-7-13(16-2)10-14(12)17-3/h6-7,10,15H,4-5,8-9,11H2,1-3H3/p+1. The van der Waals surface area contributed by atoms with Crippen molar-refractivity contribution >= 4 is 0 Å². The second kappa shape index (κ2) is 8.78. The zero-order valence-corrected chi connectivity index (χ0v) is 11.6. The van der Waals surface area contributed by atoms with Gasteiger partial charge < -0.3 is 19.5 Å². The lowest BCUT2D eigenvalue weighted by atomic mass is 10.2. The number of methoxy groups -OCH3 is 2. The molecule has 0 saturated heterocycles. The van der Waals surface area contributed by atoms with E-state index in [9.17, 15) is 0 Å². The van der Waals surface area contributed by atoms with Crippen molar-refractivity contribution in [1.82, 2.24) is 0 Å². The molecular weight excluding hydrogens is 230 g/mol. The normalized spacial score (nSPS) is 10.4. The van der Waals surface area contributed by atoms with Crippen molar-refractivity contribution in [2.45, 2.75) is 19.9 Å². The van der Waals surface area contributed by atoms with E-state index in [-0.39, 0.29) is 0 Å². The number of ether oxygens (including phenoxy) is 3. The Kier molecular flexibility index (Phi) is 7.22. The lowest BCUT2D eigenvalue weighted by Gasteiger charge is -2.09. The monoisotopic (exact) mass is 254 g/mol. The van der Waals surface area contributed by atoms with Crippen LogP contribution in [0.1, 0.15) is 18.9 Å². The van der Waals surface area contributed by atoms with E-state index in [1.165, 1.54) is 5.56 Å². The first-order valence-corrected chi connectivity index (χ1v) is 6.42. The van der Waals surface area contributed by atoms with Gasteiger partial charge in [-0.25, -0.2) is 0 Å². The largest absolute Gasteiger partial charge is 0.497 e. The molecule has 0 heterocycles. The summed E-state index contributed by atoms with van der Waals surface area (Å²) in [5.41, 5.74) is 1.19. The van der Waals surface area contributed by atoms with Crippen LogP contribution in [0.25, 0.3) is 0 Å². The van der Waals surface area contributed by atoms with Crippen LogP contribution < -0.4 is 14.8 Å². The highest BCUT2D eigenvalue weighted by Gasteiger charge is 2.06. The van der Waals surface area contributed by atoms with Crippen LogP contribution in [0.4, 0.5) is 0 Å². The van der Waals surface area contributed by atoms with Gasteiger partial charge in [-0.1, -0.05) is 0 Å². The van der Waals surface area contributed by atoms with Crippen LogP contribution in [0.15, 0.2) is 18.2 Å². The second-order valence-electron chi connectivity index (χ2n) is 4.01. The van der Waals surface area contributed by atoms with E-state index in [0.29, 0.717) is 0 Å². The van der Waals surface area contributed by atoms with Crippen LogP contribution in [-0.2, 0) is 11.3 Å². The highest BCUT2D eigenvalue weighted by Crippen LogP contribution is 2.23. The van der Waals surface area contributed by atoms with E-state index in [2.05, 4.69) is 11.4 Å². The molecule has 102 valence electrons. The van der Waals surface area contributed by atoms with Gasteiger partial charge in [0.15, 0.2) is 0 Å². The predicted octanol–water partition coefficient (Wildman–Crippen LogP) is 1.19. The Bertz CT molecular complexity index is 342. The topological polar surface area (TPSA) is 44.3 Å². The molecule has 1 rings (SSSR count).